The van der Waals surface area contributed by atoms with Crippen LogP contribution in [0.3, 0.4) is 0 Å². The summed E-state index contributed by atoms with van der Waals surface area (Å²) in [5.74, 6) is 1.76. The minimum atomic E-state index is -0.108. The van der Waals surface area contributed by atoms with E-state index in [9.17, 15) is 0 Å². The first-order valence-electron chi connectivity index (χ1n) is 5.89. The zero-order valence-corrected chi connectivity index (χ0v) is 9.84. The lowest BCUT2D eigenvalue weighted by Gasteiger charge is -2.30. The molecule has 1 aliphatic carbocycles. The third kappa shape index (κ3) is 3.97. The zero-order chi connectivity index (χ0) is 10.6. The first-order chi connectivity index (χ1) is 6.53. The highest BCUT2D eigenvalue weighted by molar-refractivity contribution is 4.79. The molecule has 0 saturated heterocycles. The second kappa shape index (κ2) is 5.13. The summed E-state index contributed by atoms with van der Waals surface area (Å²) in [6, 6.07) is 0. The molecule has 84 valence electrons. The standard InChI is InChI=1S/C12H25NO/c1-10-4-6-11(7-5-10)8-13-12(2,3)9-14/h10-11,13-14H,4-9H2,1-3H3. The molecule has 1 fully saturated rings. The smallest absolute Gasteiger partial charge is 0.0607 e. The van der Waals surface area contributed by atoms with Gasteiger partial charge >= 0.3 is 0 Å². The van der Waals surface area contributed by atoms with Crippen molar-refractivity contribution in [1.29, 1.82) is 0 Å². The van der Waals surface area contributed by atoms with Gasteiger partial charge in [0.1, 0.15) is 0 Å². The summed E-state index contributed by atoms with van der Waals surface area (Å²) >= 11 is 0. The molecule has 0 aromatic rings. The lowest BCUT2D eigenvalue weighted by atomic mass is 9.83. The van der Waals surface area contributed by atoms with Gasteiger partial charge in [0, 0.05) is 5.54 Å². The van der Waals surface area contributed by atoms with Crippen molar-refractivity contribution >= 4 is 0 Å². The zero-order valence-electron chi connectivity index (χ0n) is 9.84. The first-order valence-corrected chi connectivity index (χ1v) is 5.89. The molecule has 0 atom stereocenters. The molecular formula is C12H25NO. The van der Waals surface area contributed by atoms with Crippen molar-refractivity contribution in [2.75, 3.05) is 13.2 Å². The van der Waals surface area contributed by atoms with Crippen LogP contribution in [0.5, 0.6) is 0 Å². The van der Waals surface area contributed by atoms with E-state index in [1.165, 1.54) is 25.7 Å². The van der Waals surface area contributed by atoms with Gasteiger partial charge in [0.15, 0.2) is 0 Å². The lowest BCUT2D eigenvalue weighted by molar-refractivity contribution is 0.173. The molecule has 2 heteroatoms. The first kappa shape index (κ1) is 12.0. The molecule has 0 spiro atoms. The van der Waals surface area contributed by atoms with E-state index < -0.39 is 0 Å². The molecule has 14 heavy (non-hydrogen) atoms. The maximum atomic E-state index is 9.10. The van der Waals surface area contributed by atoms with Crippen molar-refractivity contribution in [3.63, 3.8) is 0 Å². The van der Waals surface area contributed by atoms with Crippen LogP contribution in [0.4, 0.5) is 0 Å². The van der Waals surface area contributed by atoms with Gasteiger partial charge in [0.05, 0.1) is 6.61 Å². The van der Waals surface area contributed by atoms with E-state index in [2.05, 4.69) is 26.1 Å². The second-order valence-electron chi connectivity index (χ2n) is 5.55. The van der Waals surface area contributed by atoms with Gasteiger partial charge in [-0.2, -0.15) is 0 Å². The fraction of sp³-hybridized carbons (Fsp3) is 1.00. The molecule has 2 N–H and O–H groups in total. The molecule has 0 amide bonds. The number of aliphatic hydroxyl groups excluding tert-OH is 1. The molecular weight excluding hydrogens is 174 g/mol. The van der Waals surface area contributed by atoms with Gasteiger partial charge in [0.25, 0.3) is 0 Å². The highest BCUT2D eigenvalue weighted by Gasteiger charge is 2.21. The van der Waals surface area contributed by atoms with Crippen LogP contribution in [-0.2, 0) is 0 Å². The normalized spacial score (nSPS) is 29.1. The maximum absolute atomic E-state index is 9.10. The average molecular weight is 199 g/mol. The number of rotatable bonds is 4. The van der Waals surface area contributed by atoms with Crippen LogP contribution in [-0.4, -0.2) is 23.8 Å². The van der Waals surface area contributed by atoms with Crippen LogP contribution in [0, 0.1) is 11.8 Å². The molecule has 0 aliphatic heterocycles. The Kier molecular flexibility index (Phi) is 4.39. The Balaban J connectivity index is 2.19. The van der Waals surface area contributed by atoms with Crippen LogP contribution in [0.2, 0.25) is 0 Å². The van der Waals surface area contributed by atoms with Crippen LogP contribution in [0.25, 0.3) is 0 Å². The van der Waals surface area contributed by atoms with Crippen molar-refractivity contribution in [3.8, 4) is 0 Å². The third-order valence-electron chi connectivity index (χ3n) is 3.40. The lowest BCUT2D eigenvalue weighted by Crippen LogP contribution is -2.45. The molecule has 1 aliphatic rings. The third-order valence-corrected chi connectivity index (χ3v) is 3.40. The van der Waals surface area contributed by atoms with E-state index in [1.54, 1.807) is 0 Å². The Morgan fingerprint density at radius 1 is 1.21 bits per heavy atom. The summed E-state index contributed by atoms with van der Waals surface area (Å²) in [6.07, 6.45) is 5.48. The van der Waals surface area contributed by atoms with E-state index in [0.717, 1.165) is 18.4 Å². The van der Waals surface area contributed by atoms with E-state index in [4.69, 9.17) is 5.11 Å². The summed E-state index contributed by atoms with van der Waals surface area (Å²) in [6.45, 7) is 7.74. The summed E-state index contributed by atoms with van der Waals surface area (Å²) in [5, 5.41) is 12.5. The van der Waals surface area contributed by atoms with Crippen LogP contribution < -0.4 is 5.32 Å². The predicted octanol–water partition coefficient (Wildman–Crippen LogP) is 2.17. The van der Waals surface area contributed by atoms with Gasteiger partial charge < -0.3 is 10.4 Å². The topological polar surface area (TPSA) is 32.3 Å². The molecule has 0 radical (unpaired) electrons. The second-order valence-corrected chi connectivity index (χ2v) is 5.55. The van der Waals surface area contributed by atoms with Crippen LogP contribution in [0.1, 0.15) is 46.5 Å². The van der Waals surface area contributed by atoms with E-state index in [0.29, 0.717) is 0 Å². The number of hydrogen-bond donors (Lipinski definition) is 2. The van der Waals surface area contributed by atoms with Crippen molar-refractivity contribution in [3.05, 3.63) is 0 Å². The monoisotopic (exact) mass is 199 g/mol. The molecule has 2 nitrogen and oxygen atoms in total. The fourth-order valence-corrected chi connectivity index (χ4v) is 2.01. The molecule has 1 saturated carbocycles. The summed E-state index contributed by atoms with van der Waals surface area (Å²) in [7, 11) is 0. The Labute approximate surface area is 88.1 Å². The minimum Gasteiger partial charge on any atom is -0.394 e. The van der Waals surface area contributed by atoms with Gasteiger partial charge in [-0.15, -0.1) is 0 Å². The van der Waals surface area contributed by atoms with Crippen LogP contribution >= 0.6 is 0 Å². The van der Waals surface area contributed by atoms with E-state index in [-0.39, 0.29) is 12.1 Å². The van der Waals surface area contributed by atoms with E-state index in [1.807, 2.05) is 0 Å². The summed E-state index contributed by atoms with van der Waals surface area (Å²) < 4.78 is 0. The minimum absolute atomic E-state index is 0.108. The predicted molar refractivity (Wildman–Crippen MR) is 60.3 cm³/mol. The molecule has 0 bridgehead atoms. The van der Waals surface area contributed by atoms with Gasteiger partial charge in [-0.25, -0.2) is 0 Å². The number of hydrogen-bond acceptors (Lipinski definition) is 2. The maximum Gasteiger partial charge on any atom is 0.0607 e. The quantitative estimate of drug-likeness (QED) is 0.727. The average Bonchev–Trinajstić information content (AvgIpc) is 2.17. The SMILES string of the molecule is CC1CCC(CNC(C)(C)CO)CC1. The molecule has 0 aromatic heterocycles. The Morgan fingerprint density at radius 2 is 1.79 bits per heavy atom. The largest absolute Gasteiger partial charge is 0.394 e. The van der Waals surface area contributed by atoms with Crippen molar-refractivity contribution in [2.45, 2.75) is 52.0 Å². The van der Waals surface area contributed by atoms with Gasteiger partial charge in [-0.1, -0.05) is 19.8 Å². The van der Waals surface area contributed by atoms with Gasteiger partial charge in [0.2, 0.25) is 0 Å². The molecule has 0 heterocycles. The number of aliphatic hydroxyl groups is 1. The van der Waals surface area contributed by atoms with Gasteiger partial charge in [-0.05, 0) is 45.1 Å². The van der Waals surface area contributed by atoms with Crippen molar-refractivity contribution < 1.29 is 5.11 Å². The van der Waals surface area contributed by atoms with Gasteiger partial charge in [-0.3, -0.25) is 0 Å². The summed E-state index contributed by atoms with van der Waals surface area (Å²) in [4.78, 5) is 0. The molecule has 0 unspecified atom stereocenters. The molecule has 0 aromatic carbocycles. The highest BCUT2D eigenvalue weighted by Crippen LogP contribution is 2.27. The highest BCUT2D eigenvalue weighted by atomic mass is 16.3. The van der Waals surface area contributed by atoms with Crippen LogP contribution in [0.15, 0.2) is 0 Å². The van der Waals surface area contributed by atoms with E-state index >= 15 is 0 Å². The Bertz CT molecular complexity index is 160. The molecule has 1 rings (SSSR count). The number of nitrogens with one attached hydrogen (secondary N) is 1. The Hall–Kier alpha value is -0.0800. The fourth-order valence-electron chi connectivity index (χ4n) is 2.01. The van der Waals surface area contributed by atoms with Crippen molar-refractivity contribution in [1.82, 2.24) is 5.32 Å². The summed E-state index contributed by atoms with van der Waals surface area (Å²) in [5.41, 5.74) is -0.108. The van der Waals surface area contributed by atoms with Crippen molar-refractivity contribution in [2.24, 2.45) is 11.8 Å². The Morgan fingerprint density at radius 3 is 2.29 bits per heavy atom.